The lowest BCUT2D eigenvalue weighted by Gasteiger charge is -2.23. The predicted octanol–water partition coefficient (Wildman–Crippen LogP) is 7.78. The standard InChI is InChI=1S/C45H34N9O4S2/c1-51-41(30-50)44(33-18-22-40(23-19-33)53-60(3,57)58)37(27-47)12-7-10-35-15-14-34(45(35)54-25-24-31-8-4-5-13-42(31)54)9-6-11-36(26-46)43(38(28-48)29-49)32-16-20-39(21-17-32)52-59(2,55)56/h4-13,16-23,52-53H,14-15,24-25H2,2-3H3/q-1/b10-7+,11-6+,34-9+,37-12+,43-36-,44-41-. The average Bonchev–Trinajstić information content (AvgIpc) is 3.83. The van der Waals surface area contributed by atoms with Crippen LogP contribution in [0.5, 0.6) is 0 Å². The number of nitrogens with one attached hydrogen (secondary N) is 2. The van der Waals surface area contributed by atoms with E-state index in [0.717, 1.165) is 41.5 Å². The Morgan fingerprint density at radius 1 is 0.783 bits per heavy atom. The molecule has 0 radical (unpaired) electrons. The van der Waals surface area contributed by atoms with Gasteiger partial charge in [-0.05, 0) is 83.5 Å². The van der Waals surface area contributed by atoms with Crippen LogP contribution in [0.25, 0.3) is 16.0 Å². The van der Waals surface area contributed by atoms with Crippen LogP contribution in [0, 0.1) is 69.1 Å². The molecular weight excluding hydrogens is 795 g/mol. The molecule has 0 saturated heterocycles. The molecule has 0 atom stereocenters. The van der Waals surface area contributed by atoms with Gasteiger partial charge in [0.2, 0.25) is 20.0 Å². The van der Waals surface area contributed by atoms with Crippen molar-refractivity contribution in [2.45, 2.75) is 19.3 Å². The molecule has 13 nitrogen and oxygen atoms in total. The van der Waals surface area contributed by atoms with E-state index in [1.165, 1.54) is 66.2 Å². The zero-order valence-electron chi connectivity index (χ0n) is 32.3. The van der Waals surface area contributed by atoms with Crippen LogP contribution in [0.4, 0.5) is 17.1 Å². The molecule has 0 bridgehead atoms. The van der Waals surface area contributed by atoms with Crippen LogP contribution in [0.15, 0.2) is 143 Å². The Bertz CT molecular complexity index is 2900. The molecule has 2 aliphatic rings. The van der Waals surface area contributed by atoms with Crippen molar-refractivity contribution in [3.8, 4) is 30.3 Å². The number of sulfonamides is 2. The van der Waals surface area contributed by atoms with Gasteiger partial charge in [-0.15, -0.1) is 29.3 Å². The highest BCUT2D eigenvalue weighted by molar-refractivity contribution is 7.92. The summed E-state index contributed by atoms with van der Waals surface area (Å²) in [5.41, 5.74) is 6.27. The molecule has 60 heavy (non-hydrogen) atoms. The topological polar surface area (TPSA) is 219 Å². The zero-order chi connectivity index (χ0) is 43.5. The largest absolute Gasteiger partial charge is 0.340 e. The Hall–Kier alpha value is -8.05. The van der Waals surface area contributed by atoms with Crippen molar-refractivity contribution in [1.82, 2.24) is 0 Å². The van der Waals surface area contributed by atoms with E-state index < -0.39 is 20.0 Å². The number of nitriles is 5. The van der Waals surface area contributed by atoms with Crippen LogP contribution in [0.3, 0.4) is 0 Å². The van der Waals surface area contributed by atoms with Gasteiger partial charge in [-0.3, -0.25) is 9.44 Å². The van der Waals surface area contributed by atoms with E-state index in [1.807, 2.05) is 48.6 Å². The molecule has 0 fully saturated rings. The minimum absolute atomic E-state index is 0.0411. The SMILES string of the molecule is [C-]#[N+]\C(C#N)=C(/C(C#N)=C/C=C/C1=C(N2CCc3ccccc32)C(=C/C=C/C(C#N)=C(\c2ccc(NS(C)(=O)=O)cc2)[C-](C#N)C#N)/CC1)c1ccc(NS(C)(=O)=O)cc1. The zero-order valence-corrected chi connectivity index (χ0v) is 33.9. The van der Waals surface area contributed by atoms with Gasteiger partial charge in [0, 0.05) is 59.0 Å². The van der Waals surface area contributed by atoms with Crippen LogP contribution in [0.1, 0.15) is 29.5 Å². The maximum atomic E-state index is 11.7. The van der Waals surface area contributed by atoms with Gasteiger partial charge in [0.15, 0.2) is 0 Å². The normalized spacial score (nSPS) is 15.5. The van der Waals surface area contributed by atoms with E-state index in [2.05, 4.69) is 37.4 Å². The summed E-state index contributed by atoms with van der Waals surface area (Å²) in [6, 6.07) is 29.8. The van der Waals surface area contributed by atoms with Gasteiger partial charge in [0.1, 0.15) is 0 Å². The number of rotatable bonds is 13. The number of hydrogen-bond donors (Lipinski definition) is 2. The monoisotopic (exact) mass is 828 g/mol. The minimum atomic E-state index is -3.55. The Balaban J connectivity index is 1.57. The number of allylic oxidation sites excluding steroid dienone is 13. The number of hydrogen-bond acceptors (Lipinski definition) is 10. The Labute approximate surface area is 350 Å². The summed E-state index contributed by atoms with van der Waals surface area (Å²) >= 11 is 0. The number of benzene rings is 3. The summed E-state index contributed by atoms with van der Waals surface area (Å²) in [5.74, 6) is -0.294. The molecule has 3 aromatic carbocycles. The maximum Gasteiger partial charge on any atom is 0.270 e. The second kappa shape index (κ2) is 18.9. The highest BCUT2D eigenvalue weighted by Crippen LogP contribution is 2.41. The van der Waals surface area contributed by atoms with E-state index in [9.17, 15) is 43.1 Å². The molecular formula is C45H34N9O4S2-. The molecule has 0 unspecified atom stereocenters. The lowest BCUT2D eigenvalue weighted by Crippen LogP contribution is -2.20. The predicted molar refractivity (Wildman–Crippen MR) is 230 cm³/mol. The first-order chi connectivity index (χ1) is 28.7. The molecule has 0 spiro atoms. The van der Waals surface area contributed by atoms with Crippen LogP contribution in [-0.2, 0) is 26.5 Å². The number of anilines is 3. The number of nitrogens with zero attached hydrogens (tertiary/aromatic N) is 7. The highest BCUT2D eigenvalue weighted by Gasteiger charge is 2.28. The molecule has 3 aromatic rings. The van der Waals surface area contributed by atoms with E-state index in [-0.39, 0.29) is 45.3 Å². The fourth-order valence-corrected chi connectivity index (χ4v) is 7.92. The minimum Gasteiger partial charge on any atom is -0.340 e. The van der Waals surface area contributed by atoms with Crippen LogP contribution in [0.2, 0.25) is 0 Å². The molecule has 1 heterocycles. The van der Waals surface area contributed by atoms with Gasteiger partial charge in [-0.25, -0.2) is 42.7 Å². The molecule has 5 rings (SSSR count). The lowest BCUT2D eigenvalue weighted by atomic mass is 9.90. The average molecular weight is 829 g/mol. The third kappa shape index (κ3) is 10.5. The quantitative estimate of drug-likeness (QED) is 0.0968. The van der Waals surface area contributed by atoms with Crippen molar-refractivity contribution in [2.24, 2.45) is 0 Å². The molecule has 1 aliphatic carbocycles. The first-order valence-electron chi connectivity index (χ1n) is 18.0. The van der Waals surface area contributed by atoms with E-state index in [0.29, 0.717) is 30.5 Å². The van der Waals surface area contributed by atoms with Gasteiger partial charge in [-0.1, -0.05) is 54.6 Å². The lowest BCUT2D eigenvalue weighted by molar-refractivity contribution is 0.605. The van der Waals surface area contributed by atoms with Crippen LogP contribution < -0.4 is 14.3 Å². The Kier molecular flexibility index (Phi) is 13.6. The summed E-state index contributed by atoms with van der Waals surface area (Å²) in [7, 11) is -7.10. The second-order valence-electron chi connectivity index (χ2n) is 13.4. The van der Waals surface area contributed by atoms with Gasteiger partial charge in [0.25, 0.3) is 5.70 Å². The van der Waals surface area contributed by atoms with Crippen molar-refractivity contribution >= 4 is 48.3 Å². The van der Waals surface area contributed by atoms with Crippen molar-refractivity contribution in [3.63, 3.8) is 0 Å². The third-order valence-corrected chi connectivity index (χ3v) is 10.4. The smallest absolute Gasteiger partial charge is 0.270 e. The first-order valence-corrected chi connectivity index (χ1v) is 21.8. The van der Waals surface area contributed by atoms with E-state index in [1.54, 1.807) is 12.2 Å². The summed E-state index contributed by atoms with van der Waals surface area (Å²) in [5, 5.41) is 49.9. The first kappa shape index (κ1) is 43.1. The molecule has 0 saturated carbocycles. The molecule has 15 heteroatoms. The second-order valence-corrected chi connectivity index (χ2v) is 16.9. The Morgan fingerprint density at radius 2 is 1.40 bits per heavy atom. The molecule has 1 aliphatic heterocycles. The highest BCUT2D eigenvalue weighted by atomic mass is 32.2. The third-order valence-electron chi connectivity index (χ3n) is 9.21. The molecule has 0 aromatic heterocycles. The number of para-hydroxylation sites is 1. The van der Waals surface area contributed by atoms with Gasteiger partial charge < -0.3 is 4.90 Å². The summed E-state index contributed by atoms with van der Waals surface area (Å²) < 4.78 is 51.6. The fraction of sp³-hybridized carbons (Fsp3) is 0.133. The van der Waals surface area contributed by atoms with Crippen molar-refractivity contribution in [1.29, 1.82) is 26.3 Å². The summed E-state index contributed by atoms with van der Waals surface area (Å²) in [6.45, 7) is 8.32. The van der Waals surface area contributed by atoms with Crippen LogP contribution >= 0.6 is 0 Å². The van der Waals surface area contributed by atoms with E-state index in [4.69, 9.17) is 6.57 Å². The van der Waals surface area contributed by atoms with Gasteiger partial charge >= 0.3 is 0 Å². The molecule has 2 N–H and O–H groups in total. The van der Waals surface area contributed by atoms with Gasteiger partial charge in [0.05, 0.1) is 36.8 Å². The summed E-state index contributed by atoms with van der Waals surface area (Å²) in [4.78, 5) is 5.58. The Morgan fingerprint density at radius 3 is 1.95 bits per heavy atom. The van der Waals surface area contributed by atoms with Crippen molar-refractivity contribution in [2.75, 3.05) is 33.4 Å². The van der Waals surface area contributed by atoms with E-state index >= 15 is 0 Å². The van der Waals surface area contributed by atoms with Crippen LogP contribution in [-0.4, -0.2) is 35.9 Å². The van der Waals surface area contributed by atoms with Crippen molar-refractivity contribution in [3.05, 3.63) is 177 Å². The molecule has 296 valence electrons. The van der Waals surface area contributed by atoms with Gasteiger partial charge in [-0.2, -0.15) is 5.26 Å². The van der Waals surface area contributed by atoms with Crippen molar-refractivity contribution < 1.29 is 16.8 Å². The number of fused-ring (bicyclic) bond motifs is 1. The summed E-state index contributed by atoms with van der Waals surface area (Å²) in [6.07, 6.45) is 14.2. The fourth-order valence-electron chi connectivity index (χ4n) is 6.79. The molecule has 0 amide bonds. The maximum absolute atomic E-state index is 11.7.